The van der Waals surface area contributed by atoms with Crippen LogP contribution in [0.25, 0.3) is 0 Å². The van der Waals surface area contributed by atoms with Crippen LogP contribution in [-0.2, 0) is 65.4 Å². The first kappa shape index (κ1) is 97.1. The second-order valence-corrected chi connectivity index (χ2v) is 31.7. The molecule has 0 aliphatic heterocycles. The molecular weight excluding hydrogens is 1290 g/mol. The average Bonchev–Trinajstić information content (AvgIpc) is 1.00. The predicted octanol–water partition coefficient (Wildman–Crippen LogP) is 24.2. The minimum absolute atomic E-state index is 0.108. The van der Waals surface area contributed by atoms with E-state index in [2.05, 4.69) is 27.7 Å². The zero-order valence-corrected chi connectivity index (χ0v) is 66.3. The molecule has 0 aromatic rings. The van der Waals surface area contributed by atoms with Gasteiger partial charge in [-0.15, -0.1) is 0 Å². The number of ether oxygens (including phenoxy) is 4. The summed E-state index contributed by atoms with van der Waals surface area (Å²) in [5.74, 6) is -2.10. The van der Waals surface area contributed by atoms with Gasteiger partial charge in [-0.2, -0.15) is 0 Å². The Kier molecular flexibility index (Phi) is 72.9. The quantitative estimate of drug-likeness (QED) is 0.0222. The van der Waals surface area contributed by atoms with Crippen molar-refractivity contribution < 1.29 is 80.2 Å². The van der Waals surface area contributed by atoms with E-state index in [1.807, 2.05) is 0 Å². The van der Waals surface area contributed by atoms with Crippen LogP contribution in [0.15, 0.2) is 0 Å². The normalized spacial score (nSPS) is 13.8. The summed E-state index contributed by atoms with van der Waals surface area (Å²) in [5.41, 5.74) is 0. The Balaban J connectivity index is 5.23. The molecule has 99 heavy (non-hydrogen) atoms. The fourth-order valence-electron chi connectivity index (χ4n) is 12.5. The zero-order chi connectivity index (χ0) is 72.5. The monoisotopic (exact) mass is 1450 g/mol. The number of unbranched alkanes of at least 4 members (excludes halogenated alkanes) is 55. The molecule has 0 aromatic carbocycles. The summed E-state index contributed by atoms with van der Waals surface area (Å²) < 4.78 is 68.7. The summed E-state index contributed by atoms with van der Waals surface area (Å²) in [5, 5.41) is 10.6. The van der Waals surface area contributed by atoms with Gasteiger partial charge in [-0.1, -0.05) is 381 Å². The van der Waals surface area contributed by atoms with Gasteiger partial charge in [0.25, 0.3) is 0 Å². The highest BCUT2D eigenvalue weighted by Crippen LogP contribution is 2.45. The van der Waals surface area contributed by atoms with Crippen LogP contribution in [0.2, 0.25) is 0 Å². The summed E-state index contributed by atoms with van der Waals surface area (Å²) in [6, 6.07) is 0. The van der Waals surface area contributed by atoms with Crippen LogP contribution in [0.1, 0.15) is 432 Å². The summed E-state index contributed by atoms with van der Waals surface area (Å²) >= 11 is 0. The third-order valence-electron chi connectivity index (χ3n) is 18.9. The highest BCUT2D eigenvalue weighted by Gasteiger charge is 2.30. The standard InChI is InChI=1S/C80H156O17P2/c1-5-9-13-17-21-25-29-32-34-36-37-39-41-43-47-51-55-59-63-67-80(85)97-76(71-91-78(83)65-61-57-53-49-46-42-40-38-35-33-30-26-22-18-14-10-6-2)73-95-99(88,89)93-69-74(81)68-92-98(86,87)94-72-75(70-90-77(82)64-60-56-52-48-44-28-24-20-16-12-8-4)96-79(84)66-62-58-54-50-45-31-27-23-19-15-11-7-3/h74-76,81H,5-73H2,1-4H3,(H,86,87)(H,88,89)/t74?,75-,76-/m1/s1. The molecule has 0 amide bonds. The minimum Gasteiger partial charge on any atom is -0.462 e. The average molecular weight is 1450 g/mol. The van der Waals surface area contributed by atoms with Gasteiger partial charge in [-0.05, 0) is 25.7 Å². The number of rotatable bonds is 81. The van der Waals surface area contributed by atoms with E-state index in [1.165, 1.54) is 263 Å². The van der Waals surface area contributed by atoms with Crippen molar-refractivity contribution in [3.05, 3.63) is 0 Å². The lowest BCUT2D eigenvalue weighted by atomic mass is 10.0. The van der Waals surface area contributed by atoms with Gasteiger partial charge in [0, 0.05) is 25.7 Å². The molecule has 0 rings (SSSR count). The lowest BCUT2D eigenvalue weighted by Gasteiger charge is -2.21. The van der Waals surface area contributed by atoms with Crippen molar-refractivity contribution in [3.8, 4) is 0 Å². The summed E-state index contributed by atoms with van der Waals surface area (Å²) in [6.45, 7) is 5.02. The number of hydrogen-bond donors (Lipinski definition) is 3. The number of aliphatic hydroxyl groups is 1. The lowest BCUT2D eigenvalue weighted by Crippen LogP contribution is -2.30. The van der Waals surface area contributed by atoms with Crippen molar-refractivity contribution in [3.63, 3.8) is 0 Å². The maximum Gasteiger partial charge on any atom is 0.472 e. The van der Waals surface area contributed by atoms with Crippen LogP contribution in [0, 0.1) is 0 Å². The van der Waals surface area contributed by atoms with Crippen molar-refractivity contribution in [2.24, 2.45) is 0 Å². The molecule has 3 unspecified atom stereocenters. The molecule has 5 atom stereocenters. The molecule has 0 saturated carbocycles. The Morgan fingerprint density at radius 1 is 0.242 bits per heavy atom. The van der Waals surface area contributed by atoms with Crippen LogP contribution in [0.3, 0.4) is 0 Å². The van der Waals surface area contributed by atoms with Gasteiger partial charge in [0.15, 0.2) is 12.2 Å². The molecule has 0 aliphatic carbocycles. The number of aliphatic hydroxyl groups excluding tert-OH is 1. The Hall–Kier alpha value is -1.94. The van der Waals surface area contributed by atoms with Crippen LogP contribution in [0.5, 0.6) is 0 Å². The first-order valence-corrected chi connectivity index (χ1v) is 44.8. The maximum absolute atomic E-state index is 13.1. The van der Waals surface area contributed by atoms with Gasteiger partial charge in [-0.3, -0.25) is 37.3 Å². The van der Waals surface area contributed by atoms with E-state index in [0.29, 0.717) is 25.7 Å². The third-order valence-corrected chi connectivity index (χ3v) is 20.8. The summed E-state index contributed by atoms with van der Waals surface area (Å²) in [4.78, 5) is 73.0. The zero-order valence-electron chi connectivity index (χ0n) is 64.5. The van der Waals surface area contributed by atoms with E-state index in [9.17, 15) is 43.2 Å². The fraction of sp³-hybridized carbons (Fsp3) is 0.950. The number of esters is 4. The minimum atomic E-state index is -4.96. The van der Waals surface area contributed by atoms with Gasteiger partial charge < -0.3 is 33.8 Å². The van der Waals surface area contributed by atoms with E-state index in [0.717, 1.165) is 89.9 Å². The van der Waals surface area contributed by atoms with Gasteiger partial charge in [-0.25, -0.2) is 9.13 Å². The molecule has 17 nitrogen and oxygen atoms in total. The van der Waals surface area contributed by atoms with Crippen molar-refractivity contribution >= 4 is 39.5 Å². The molecule has 0 aliphatic rings. The van der Waals surface area contributed by atoms with E-state index >= 15 is 0 Å². The molecule has 0 spiro atoms. The first-order chi connectivity index (χ1) is 48.2. The number of carbonyl (C=O) groups excluding carboxylic acids is 4. The SMILES string of the molecule is CCCCCCCCCCCCCCCCCCCCCC(=O)O[C@H](COC(=O)CCCCCCCCCCCCCCCCCCC)COP(=O)(O)OCC(O)COP(=O)(O)OC[C@@H](COC(=O)CCCCCCCCCCCCC)OC(=O)CCCCCCCCCCCCCC. The molecule has 0 fully saturated rings. The largest absolute Gasteiger partial charge is 0.472 e. The van der Waals surface area contributed by atoms with Crippen molar-refractivity contribution in [2.45, 2.75) is 451 Å². The van der Waals surface area contributed by atoms with Gasteiger partial charge in [0.1, 0.15) is 19.3 Å². The smallest absolute Gasteiger partial charge is 0.462 e. The maximum atomic E-state index is 13.1. The van der Waals surface area contributed by atoms with Crippen LogP contribution in [0.4, 0.5) is 0 Å². The number of hydrogen-bond acceptors (Lipinski definition) is 15. The molecule has 0 saturated heterocycles. The van der Waals surface area contributed by atoms with E-state index < -0.39 is 97.5 Å². The molecule has 3 N–H and O–H groups in total. The summed E-state index contributed by atoms with van der Waals surface area (Å²) in [6.07, 6.45) is 66.5. The topological polar surface area (TPSA) is 237 Å². The van der Waals surface area contributed by atoms with Crippen molar-refractivity contribution in [2.75, 3.05) is 39.6 Å². The number of carbonyl (C=O) groups is 4. The predicted molar refractivity (Wildman–Crippen MR) is 405 cm³/mol. The Morgan fingerprint density at radius 2 is 0.404 bits per heavy atom. The molecule has 0 bridgehead atoms. The van der Waals surface area contributed by atoms with Crippen LogP contribution in [-0.4, -0.2) is 96.7 Å². The fourth-order valence-corrected chi connectivity index (χ4v) is 14.0. The molecule has 588 valence electrons. The van der Waals surface area contributed by atoms with Gasteiger partial charge in [0.05, 0.1) is 26.4 Å². The van der Waals surface area contributed by atoms with E-state index in [-0.39, 0.29) is 25.7 Å². The Labute approximate surface area is 607 Å². The Bertz CT molecular complexity index is 1880. The van der Waals surface area contributed by atoms with E-state index in [1.54, 1.807) is 0 Å². The molecule has 0 radical (unpaired) electrons. The van der Waals surface area contributed by atoms with E-state index in [4.69, 9.17) is 37.0 Å². The summed E-state index contributed by atoms with van der Waals surface area (Å²) in [7, 11) is -9.91. The first-order valence-electron chi connectivity index (χ1n) is 41.8. The van der Waals surface area contributed by atoms with Crippen LogP contribution >= 0.6 is 15.6 Å². The number of phosphoric acid groups is 2. The Morgan fingerprint density at radius 3 is 0.596 bits per heavy atom. The van der Waals surface area contributed by atoms with Gasteiger partial charge >= 0.3 is 39.5 Å². The molecule has 19 heteroatoms. The highest BCUT2D eigenvalue weighted by atomic mass is 31.2. The second-order valence-electron chi connectivity index (χ2n) is 28.8. The van der Waals surface area contributed by atoms with Crippen LogP contribution < -0.4 is 0 Å². The second kappa shape index (κ2) is 74.3. The lowest BCUT2D eigenvalue weighted by molar-refractivity contribution is -0.161. The molecular formula is C80H156O17P2. The third kappa shape index (κ3) is 74.1. The van der Waals surface area contributed by atoms with Gasteiger partial charge in [0.2, 0.25) is 0 Å². The van der Waals surface area contributed by atoms with Crippen molar-refractivity contribution in [1.29, 1.82) is 0 Å². The highest BCUT2D eigenvalue weighted by molar-refractivity contribution is 7.47. The number of phosphoric ester groups is 2. The molecule has 0 aromatic heterocycles. The van der Waals surface area contributed by atoms with Crippen molar-refractivity contribution in [1.82, 2.24) is 0 Å². The molecule has 0 heterocycles.